The number of ether oxygens (including phenoxy) is 2. The van der Waals surface area contributed by atoms with Crippen LogP contribution in [0.5, 0.6) is 0 Å². The van der Waals surface area contributed by atoms with Gasteiger partial charge in [-0.3, -0.25) is 9.59 Å². The number of aliphatic hydroxyl groups excluding tert-OH is 2. The Balaban J connectivity index is 1.39. The van der Waals surface area contributed by atoms with E-state index < -0.39 is 29.5 Å². The van der Waals surface area contributed by atoms with E-state index in [-0.39, 0.29) is 41.5 Å². The normalized spacial score (nSPS) is 54.1. The number of fused-ring (bicyclic) bond motifs is 3. The van der Waals surface area contributed by atoms with Crippen molar-refractivity contribution in [2.45, 2.75) is 102 Å². The van der Waals surface area contributed by atoms with Crippen LogP contribution in [0.3, 0.4) is 0 Å². The van der Waals surface area contributed by atoms with Crippen LogP contribution in [0.2, 0.25) is 0 Å². The van der Waals surface area contributed by atoms with E-state index in [9.17, 15) is 24.9 Å². The molecular weight excluding hydrogens is 400 g/mol. The molecule has 0 amide bonds. The fourth-order valence-corrected chi connectivity index (χ4v) is 8.55. The Labute approximate surface area is 183 Å². The van der Waals surface area contributed by atoms with Gasteiger partial charge in [-0.15, -0.1) is 0 Å². The van der Waals surface area contributed by atoms with Gasteiger partial charge in [0.05, 0.1) is 18.1 Å². The number of hydrogen-bond acceptors (Lipinski definition) is 7. The highest BCUT2D eigenvalue weighted by Gasteiger charge is 2.69. The first-order valence-corrected chi connectivity index (χ1v) is 12.0. The van der Waals surface area contributed by atoms with E-state index in [1.807, 2.05) is 6.92 Å². The van der Waals surface area contributed by atoms with Crippen molar-refractivity contribution in [3.63, 3.8) is 0 Å². The van der Waals surface area contributed by atoms with Crippen LogP contribution >= 0.6 is 0 Å². The molecule has 0 aromatic carbocycles. The molecule has 0 aromatic rings. The van der Waals surface area contributed by atoms with E-state index in [2.05, 4.69) is 6.92 Å². The van der Waals surface area contributed by atoms with Crippen molar-refractivity contribution in [3.8, 4) is 0 Å². The van der Waals surface area contributed by atoms with E-state index in [1.165, 1.54) is 0 Å². The summed E-state index contributed by atoms with van der Waals surface area (Å²) in [7, 11) is 0. The Hall–Kier alpha value is -1.02. The Kier molecular flexibility index (Phi) is 4.92. The number of hydrogen-bond donors (Lipinski definition) is 3. The maximum Gasteiger partial charge on any atom is 0.314 e. The van der Waals surface area contributed by atoms with Crippen LogP contribution in [-0.4, -0.2) is 57.8 Å². The lowest BCUT2D eigenvalue weighted by atomic mass is 9.41. The van der Waals surface area contributed by atoms with Crippen LogP contribution in [0.4, 0.5) is 0 Å². The zero-order valence-electron chi connectivity index (χ0n) is 18.6. The second-order valence-electron chi connectivity index (χ2n) is 11.7. The minimum Gasteiger partial charge on any atom is -0.432 e. The predicted molar refractivity (Wildman–Crippen MR) is 110 cm³/mol. The van der Waals surface area contributed by atoms with Gasteiger partial charge in [-0.1, -0.05) is 13.3 Å². The standard InChI is InChI=1S/C24H36O7/c1-21-6-3-7-22(2,20(28)31-19-15(26)10-14(25)12-30-19)16(21)4-8-23-11-18(27)24(29,13-23)9-5-17(21)23/h14-17,19,25-26,29H,3-13H2,1-2H3. The number of esters is 1. The highest BCUT2D eigenvalue weighted by atomic mass is 16.7. The van der Waals surface area contributed by atoms with Gasteiger partial charge in [0.2, 0.25) is 6.29 Å². The zero-order chi connectivity index (χ0) is 22.2. The fraction of sp³-hybridized carbons (Fsp3) is 0.917. The lowest BCUT2D eigenvalue weighted by Crippen LogP contribution is -2.60. The summed E-state index contributed by atoms with van der Waals surface area (Å²) in [5, 5.41) is 30.7. The van der Waals surface area contributed by atoms with E-state index in [4.69, 9.17) is 9.47 Å². The number of Topliss-reactive ketones (excluding diaryl/α,β-unsaturated/α-hetero) is 1. The maximum absolute atomic E-state index is 13.5. The predicted octanol–water partition coefficient (Wildman–Crippen LogP) is 2.09. The summed E-state index contributed by atoms with van der Waals surface area (Å²) in [6, 6.07) is 0. The van der Waals surface area contributed by atoms with Crippen LogP contribution in [0.25, 0.3) is 0 Å². The quantitative estimate of drug-likeness (QED) is 0.568. The first kappa shape index (κ1) is 21.8. The molecule has 1 saturated heterocycles. The highest BCUT2D eigenvalue weighted by Crippen LogP contribution is 2.71. The van der Waals surface area contributed by atoms with Gasteiger partial charge in [0.25, 0.3) is 0 Å². The highest BCUT2D eigenvalue weighted by molar-refractivity contribution is 5.90. The molecule has 5 rings (SSSR count). The van der Waals surface area contributed by atoms with Gasteiger partial charge < -0.3 is 24.8 Å². The Bertz CT molecular complexity index is 784. The molecule has 7 heteroatoms. The van der Waals surface area contributed by atoms with Crippen molar-refractivity contribution in [1.82, 2.24) is 0 Å². The lowest BCUT2D eigenvalue weighted by Gasteiger charge is -2.63. The first-order chi connectivity index (χ1) is 14.5. The molecule has 5 aliphatic rings. The monoisotopic (exact) mass is 436 g/mol. The number of ketones is 1. The van der Waals surface area contributed by atoms with Gasteiger partial charge in [0.15, 0.2) is 5.78 Å². The molecule has 5 fully saturated rings. The maximum atomic E-state index is 13.5. The van der Waals surface area contributed by atoms with E-state index in [0.29, 0.717) is 25.2 Å². The SMILES string of the molecule is CC1(C(=O)OC2OCC(O)CC2O)CCCC2(C)C3CCC4(O)CC3(CCC12)CC4=O. The van der Waals surface area contributed by atoms with Gasteiger partial charge in [-0.2, -0.15) is 0 Å². The third kappa shape index (κ3) is 3.06. The molecule has 3 N–H and O–H groups in total. The second kappa shape index (κ2) is 6.99. The van der Waals surface area contributed by atoms with Crippen molar-refractivity contribution < 1.29 is 34.4 Å². The minimum absolute atomic E-state index is 0.0145. The zero-order valence-corrected chi connectivity index (χ0v) is 18.6. The lowest BCUT2D eigenvalue weighted by molar-refractivity contribution is -0.247. The molecule has 4 saturated carbocycles. The van der Waals surface area contributed by atoms with Crippen molar-refractivity contribution in [2.75, 3.05) is 6.61 Å². The fourth-order valence-electron chi connectivity index (χ4n) is 8.55. The van der Waals surface area contributed by atoms with E-state index in [0.717, 1.165) is 38.5 Å². The summed E-state index contributed by atoms with van der Waals surface area (Å²) in [6.45, 7) is 4.34. The Morgan fingerprint density at radius 2 is 1.84 bits per heavy atom. The topological polar surface area (TPSA) is 113 Å². The molecular formula is C24H36O7. The van der Waals surface area contributed by atoms with Crippen LogP contribution in [0, 0.1) is 28.1 Å². The van der Waals surface area contributed by atoms with E-state index >= 15 is 0 Å². The third-order valence-electron chi connectivity index (χ3n) is 9.94. The smallest absolute Gasteiger partial charge is 0.314 e. The van der Waals surface area contributed by atoms with Crippen molar-refractivity contribution in [2.24, 2.45) is 28.1 Å². The second-order valence-corrected chi connectivity index (χ2v) is 11.7. The summed E-state index contributed by atoms with van der Waals surface area (Å²) < 4.78 is 11.1. The molecule has 9 atom stereocenters. The van der Waals surface area contributed by atoms with Crippen LogP contribution < -0.4 is 0 Å². The summed E-state index contributed by atoms with van der Waals surface area (Å²) in [4.78, 5) is 26.1. The molecule has 7 nitrogen and oxygen atoms in total. The number of rotatable bonds is 2. The van der Waals surface area contributed by atoms with Gasteiger partial charge in [0.1, 0.15) is 11.7 Å². The Morgan fingerprint density at radius 1 is 1.10 bits per heavy atom. The van der Waals surface area contributed by atoms with Crippen LogP contribution in [0.1, 0.15) is 78.1 Å². The molecule has 1 aliphatic heterocycles. The first-order valence-electron chi connectivity index (χ1n) is 12.0. The summed E-state index contributed by atoms with van der Waals surface area (Å²) >= 11 is 0. The summed E-state index contributed by atoms with van der Waals surface area (Å²) in [5.41, 5.74) is -2.02. The van der Waals surface area contributed by atoms with Gasteiger partial charge in [0, 0.05) is 12.8 Å². The molecule has 0 radical (unpaired) electrons. The summed E-state index contributed by atoms with van der Waals surface area (Å²) in [5.74, 6) is 0.143. The van der Waals surface area contributed by atoms with Crippen molar-refractivity contribution in [1.29, 1.82) is 0 Å². The molecule has 1 spiro atoms. The molecule has 1 heterocycles. The van der Waals surface area contributed by atoms with Crippen molar-refractivity contribution >= 4 is 11.8 Å². The average Bonchev–Trinajstić information content (AvgIpc) is 2.87. The van der Waals surface area contributed by atoms with Gasteiger partial charge >= 0.3 is 5.97 Å². The molecule has 174 valence electrons. The summed E-state index contributed by atoms with van der Waals surface area (Å²) in [6.07, 6.45) is 4.13. The van der Waals surface area contributed by atoms with Crippen LogP contribution in [0.15, 0.2) is 0 Å². The van der Waals surface area contributed by atoms with Crippen molar-refractivity contribution in [3.05, 3.63) is 0 Å². The van der Waals surface area contributed by atoms with E-state index in [1.54, 1.807) is 0 Å². The number of carbonyl (C=O) groups excluding carboxylic acids is 2. The molecule has 0 aromatic heterocycles. The molecule has 4 aliphatic carbocycles. The van der Waals surface area contributed by atoms with Gasteiger partial charge in [-0.25, -0.2) is 0 Å². The number of carbonyl (C=O) groups is 2. The average molecular weight is 437 g/mol. The third-order valence-corrected chi connectivity index (χ3v) is 9.94. The molecule has 9 unspecified atom stereocenters. The minimum atomic E-state index is -1.13. The van der Waals surface area contributed by atoms with Gasteiger partial charge in [-0.05, 0) is 74.5 Å². The largest absolute Gasteiger partial charge is 0.432 e. The molecule has 2 bridgehead atoms. The number of aliphatic hydroxyl groups is 3. The van der Waals surface area contributed by atoms with Crippen LogP contribution in [-0.2, 0) is 19.1 Å². The Morgan fingerprint density at radius 3 is 2.58 bits per heavy atom. The molecule has 31 heavy (non-hydrogen) atoms.